The molecule has 0 radical (unpaired) electrons. The van der Waals surface area contributed by atoms with E-state index < -0.39 is 0 Å². The third kappa shape index (κ3) is 5.90. The monoisotopic (exact) mass is 469 g/mol. The van der Waals surface area contributed by atoms with Crippen LogP contribution >= 0.6 is 0 Å². The second-order valence-electron chi connectivity index (χ2n) is 8.30. The number of para-hydroxylation sites is 2. The number of benzene rings is 3. The van der Waals surface area contributed by atoms with Crippen molar-refractivity contribution in [3.63, 3.8) is 0 Å². The van der Waals surface area contributed by atoms with Gasteiger partial charge < -0.3 is 19.4 Å². The highest BCUT2D eigenvalue weighted by molar-refractivity contribution is 5.94. The van der Waals surface area contributed by atoms with Crippen molar-refractivity contribution in [3.05, 3.63) is 95.3 Å². The highest BCUT2D eigenvalue weighted by Crippen LogP contribution is 2.29. The summed E-state index contributed by atoms with van der Waals surface area (Å²) in [5, 5.41) is 3.01. The molecule has 0 aliphatic carbocycles. The van der Waals surface area contributed by atoms with E-state index in [9.17, 15) is 4.79 Å². The molecule has 0 aliphatic heterocycles. The van der Waals surface area contributed by atoms with E-state index in [0.29, 0.717) is 43.2 Å². The van der Waals surface area contributed by atoms with E-state index in [0.717, 1.165) is 28.0 Å². The van der Waals surface area contributed by atoms with Crippen molar-refractivity contribution in [3.8, 4) is 11.5 Å². The molecular weight excluding hydrogens is 438 g/mol. The van der Waals surface area contributed by atoms with Gasteiger partial charge in [-0.1, -0.05) is 48.0 Å². The lowest BCUT2D eigenvalue weighted by molar-refractivity contribution is 0.0953. The molecule has 1 aromatic heterocycles. The zero-order valence-electron chi connectivity index (χ0n) is 20.5. The Morgan fingerprint density at radius 1 is 1.06 bits per heavy atom. The maximum Gasteiger partial charge on any atom is 0.251 e. The van der Waals surface area contributed by atoms with E-state index in [2.05, 4.69) is 16.0 Å². The van der Waals surface area contributed by atoms with E-state index in [1.807, 2.05) is 86.7 Å². The van der Waals surface area contributed by atoms with Gasteiger partial charge in [0.25, 0.3) is 5.91 Å². The first-order valence-corrected chi connectivity index (χ1v) is 11.8. The number of carbonyl (C=O) groups is 1. The Labute approximate surface area is 206 Å². The van der Waals surface area contributed by atoms with Crippen LogP contribution in [-0.4, -0.2) is 35.7 Å². The smallest absolute Gasteiger partial charge is 0.251 e. The van der Waals surface area contributed by atoms with E-state index >= 15 is 0 Å². The van der Waals surface area contributed by atoms with Crippen LogP contribution in [0.25, 0.3) is 17.1 Å². The van der Waals surface area contributed by atoms with Crippen LogP contribution in [-0.2, 0) is 13.0 Å². The summed E-state index contributed by atoms with van der Waals surface area (Å²) in [6.07, 6.45) is 4.63. The summed E-state index contributed by atoms with van der Waals surface area (Å²) in [5.41, 5.74) is 4.77. The van der Waals surface area contributed by atoms with Crippen LogP contribution in [0.4, 0.5) is 0 Å². The number of hydrogen-bond acceptors (Lipinski definition) is 4. The molecule has 0 unspecified atom stereocenters. The van der Waals surface area contributed by atoms with Gasteiger partial charge in [-0.25, -0.2) is 4.98 Å². The maximum atomic E-state index is 12.5. The van der Waals surface area contributed by atoms with Gasteiger partial charge in [-0.2, -0.15) is 0 Å². The zero-order chi connectivity index (χ0) is 24.6. The molecule has 0 spiro atoms. The van der Waals surface area contributed by atoms with E-state index in [4.69, 9.17) is 14.5 Å². The van der Waals surface area contributed by atoms with Gasteiger partial charge in [-0.15, -0.1) is 0 Å². The molecule has 0 saturated heterocycles. The van der Waals surface area contributed by atoms with Crippen molar-refractivity contribution >= 4 is 23.0 Å². The molecule has 6 nitrogen and oxygen atoms in total. The average molecular weight is 470 g/mol. The average Bonchev–Trinajstić information content (AvgIpc) is 3.22. The quantitative estimate of drug-likeness (QED) is 0.336. The minimum atomic E-state index is -0.0758. The largest absolute Gasteiger partial charge is 0.493 e. The Balaban J connectivity index is 1.44. The van der Waals surface area contributed by atoms with E-state index in [1.54, 1.807) is 7.11 Å². The van der Waals surface area contributed by atoms with Crippen LogP contribution < -0.4 is 14.8 Å². The molecule has 0 aliphatic rings. The van der Waals surface area contributed by atoms with E-state index in [-0.39, 0.29) is 5.91 Å². The lowest BCUT2D eigenvalue weighted by Gasteiger charge is -2.14. The molecule has 0 bridgehead atoms. The maximum absolute atomic E-state index is 12.5. The van der Waals surface area contributed by atoms with Crippen LogP contribution in [0.3, 0.4) is 0 Å². The highest BCUT2D eigenvalue weighted by Gasteiger charge is 2.12. The molecule has 0 saturated carbocycles. The number of imidazole rings is 1. The minimum Gasteiger partial charge on any atom is -0.493 e. The number of aromatic nitrogens is 2. The Morgan fingerprint density at radius 3 is 2.71 bits per heavy atom. The van der Waals surface area contributed by atoms with Crippen molar-refractivity contribution in [1.82, 2.24) is 14.9 Å². The number of fused-ring (bicyclic) bond motifs is 1. The Kier molecular flexibility index (Phi) is 7.83. The summed E-state index contributed by atoms with van der Waals surface area (Å²) < 4.78 is 13.8. The molecule has 1 heterocycles. The van der Waals surface area contributed by atoms with Crippen LogP contribution in [0.1, 0.15) is 34.2 Å². The number of nitrogens with one attached hydrogen (secondary N) is 1. The molecular formula is C29H31N3O3. The zero-order valence-corrected chi connectivity index (χ0v) is 20.5. The number of rotatable bonds is 10. The van der Waals surface area contributed by atoms with Crippen molar-refractivity contribution in [1.29, 1.82) is 0 Å². The summed E-state index contributed by atoms with van der Waals surface area (Å²) >= 11 is 0. The molecule has 1 N–H and O–H groups in total. The van der Waals surface area contributed by atoms with Gasteiger partial charge in [-0.05, 0) is 55.8 Å². The molecule has 35 heavy (non-hydrogen) atoms. The Morgan fingerprint density at radius 2 is 1.91 bits per heavy atom. The first-order valence-electron chi connectivity index (χ1n) is 11.8. The summed E-state index contributed by atoms with van der Waals surface area (Å²) in [5.74, 6) is 2.25. The van der Waals surface area contributed by atoms with Crippen LogP contribution in [0.5, 0.6) is 11.5 Å². The van der Waals surface area contributed by atoms with Gasteiger partial charge in [0.15, 0.2) is 11.5 Å². The molecule has 0 atom stereocenters. The van der Waals surface area contributed by atoms with E-state index in [1.165, 1.54) is 0 Å². The van der Waals surface area contributed by atoms with Gasteiger partial charge in [0.05, 0.1) is 24.7 Å². The third-order valence-electron chi connectivity index (χ3n) is 5.77. The van der Waals surface area contributed by atoms with Gasteiger partial charge in [-0.3, -0.25) is 4.79 Å². The van der Waals surface area contributed by atoms with Crippen molar-refractivity contribution in [2.24, 2.45) is 0 Å². The summed E-state index contributed by atoms with van der Waals surface area (Å²) in [6, 6.07) is 21.5. The normalized spacial score (nSPS) is 11.2. The lowest BCUT2D eigenvalue weighted by atomic mass is 10.1. The standard InChI is InChI=1S/C29H31N3O3/c1-4-8-22-13-14-26(27(20-22)34-3)35-18-17-32-25-12-6-5-11-24(25)31-28(32)15-16-30-29(33)23-10-7-9-21(2)19-23/h4-14,19-20H,15-18H2,1-3H3,(H,30,33)/b8-4+. The number of amides is 1. The number of carbonyl (C=O) groups excluding carboxylic acids is 1. The van der Waals surface area contributed by atoms with Crippen LogP contribution in [0, 0.1) is 6.92 Å². The van der Waals surface area contributed by atoms with Crippen molar-refractivity contribution in [2.45, 2.75) is 26.8 Å². The van der Waals surface area contributed by atoms with Gasteiger partial charge in [0, 0.05) is 18.5 Å². The van der Waals surface area contributed by atoms with Gasteiger partial charge >= 0.3 is 0 Å². The minimum absolute atomic E-state index is 0.0758. The lowest BCUT2D eigenvalue weighted by Crippen LogP contribution is -2.26. The number of ether oxygens (including phenoxy) is 2. The first kappa shape index (κ1) is 24.1. The number of hydrogen-bond donors (Lipinski definition) is 1. The molecule has 6 heteroatoms. The number of aryl methyl sites for hydroxylation is 1. The van der Waals surface area contributed by atoms with Crippen molar-refractivity contribution < 1.29 is 14.3 Å². The molecule has 1 amide bonds. The van der Waals surface area contributed by atoms with Gasteiger partial charge in [0.2, 0.25) is 0 Å². The summed E-state index contributed by atoms with van der Waals surface area (Å²) in [4.78, 5) is 17.3. The predicted octanol–water partition coefficient (Wildman–Crippen LogP) is 5.44. The molecule has 3 aromatic carbocycles. The SMILES string of the molecule is C/C=C/c1ccc(OCCn2c(CCNC(=O)c3cccc(C)c3)nc3ccccc32)c(OC)c1. The predicted molar refractivity (Wildman–Crippen MR) is 140 cm³/mol. The van der Waals surface area contributed by atoms with Crippen LogP contribution in [0.2, 0.25) is 0 Å². The van der Waals surface area contributed by atoms with Crippen molar-refractivity contribution in [2.75, 3.05) is 20.3 Å². The topological polar surface area (TPSA) is 65.4 Å². The second kappa shape index (κ2) is 11.4. The highest BCUT2D eigenvalue weighted by atomic mass is 16.5. The molecule has 4 rings (SSSR count). The Hall–Kier alpha value is -4.06. The summed E-state index contributed by atoms with van der Waals surface area (Å²) in [7, 11) is 1.65. The number of methoxy groups -OCH3 is 1. The summed E-state index contributed by atoms with van der Waals surface area (Å²) in [6.45, 7) is 5.55. The first-order chi connectivity index (χ1) is 17.1. The fourth-order valence-corrected chi connectivity index (χ4v) is 4.09. The molecule has 180 valence electrons. The van der Waals surface area contributed by atoms with Gasteiger partial charge in [0.1, 0.15) is 12.4 Å². The van der Waals surface area contributed by atoms with Crippen LogP contribution in [0.15, 0.2) is 72.8 Å². The Bertz CT molecular complexity index is 1340. The number of nitrogens with zero attached hydrogens (tertiary/aromatic N) is 2. The third-order valence-corrected chi connectivity index (χ3v) is 5.77. The fourth-order valence-electron chi connectivity index (χ4n) is 4.09. The number of allylic oxidation sites excluding steroid dienone is 1. The second-order valence-corrected chi connectivity index (χ2v) is 8.30. The fraction of sp³-hybridized carbons (Fsp3) is 0.241. The molecule has 0 fully saturated rings. The molecule has 4 aromatic rings.